The zero-order chi connectivity index (χ0) is 22.9. The van der Waals surface area contributed by atoms with Crippen LogP contribution in [0.4, 0.5) is 11.5 Å². The van der Waals surface area contributed by atoms with Gasteiger partial charge in [-0.3, -0.25) is 9.67 Å². The van der Waals surface area contributed by atoms with Gasteiger partial charge in [0.15, 0.2) is 5.82 Å². The third kappa shape index (κ3) is 4.33. The number of nitrogens with one attached hydrogen (secondary N) is 3. The lowest BCUT2D eigenvalue weighted by Gasteiger charge is -2.28. The minimum Gasteiger partial charge on any atom is -0.495 e. The number of aromatic nitrogens is 4. The zero-order valence-corrected chi connectivity index (χ0v) is 18.8. The fraction of sp³-hybridized carbons (Fsp3) is 0.300. The quantitative estimate of drug-likeness (QED) is 0.397. The molecule has 0 atom stereocenters. The molecule has 1 aromatic carbocycles. The van der Waals surface area contributed by atoms with Gasteiger partial charge < -0.3 is 20.1 Å². The minimum absolute atomic E-state index is 0.0121. The van der Waals surface area contributed by atoms with E-state index >= 15 is 0 Å². The number of aliphatic hydroxyl groups excluding tert-OH is 1. The van der Waals surface area contributed by atoms with Crippen molar-refractivity contribution in [2.75, 3.05) is 30.5 Å². The van der Waals surface area contributed by atoms with Gasteiger partial charge in [-0.2, -0.15) is 5.10 Å². The van der Waals surface area contributed by atoms with E-state index in [0.717, 1.165) is 23.0 Å². The summed E-state index contributed by atoms with van der Waals surface area (Å²) in [4.78, 5) is 6.48. The lowest BCUT2D eigenvalue weighted by atomic mass is 10.2. The van der Waals surface area contributed by atoms with Crippen molar-refractivity contribution in [3.63, 3.8) is 0 Å². The molecular formula is C20H25N7O4S. The number of aryl methyl sites for hydroxylation is 2. The third-order valence-electron chi connectivity index (χ3n) is 4.88. The molecule has 4 N–H and O–H groups in total. The molecule has 170 valence electrons. The monoisotopic (exact) mass is 459 g/mol. The summed E-state index contributed by atoms with van der Waals surface area (Å²) >= 11 is 0. The highest BCUT2D eigenvalue weighted by molar-refractivity contribution is 7.89. The molecule has 0 radical (unpaired) electrons. The van der Waals surface area contributed by atoms with Crippen LogP contribution in [0, 0.1) is 13.8 Å². The van der Waals surface area contributed by atoms with Crippen molar-refractivity contribution in [1.82, 2.24) is 24.5 Å². The number of rotatable bonds is 8. The molecule has 0 bridgehead atoms. The Balaban J connectivity index is 1.74. The van der Waals surface area contributed by atoms with Crippen molar-refractivity contribution in [1.29, 1.82) is 0 Å². The highest BCUT2D eigenvalue weighted by Gasteiger charge is 2.24. The molecule has 2 aromatic heterocycles. The number of fused-ring (bicyclic) bond motifs is 1. The van der Waals surface area contributed by atoms with Gasteiger partial charge in [0.05, 0.1) is 26.0 Å². The Morgan fingerprint density at radius 3 is 2.78 bits per heavy atom. The van der Waals surface area contributed by atoms with E-state index < -0.39 is 10.0 Å². The van der Waals surface area contributed by atoms with Gasteiger partial charge in [0.1, 0.15) is 22.3 Å². The maximum Gasteiger partial charge on any atom is 0.244 e. The number of aromatic amines is 1. The smallest absolute Gasteiger partial charge is 0.244 e. The molecule has 1 aliphatic rings. The average Bonchev–Trinajstić information content (AvgIpc) is 3.36. The number of ether oxygens (including phenoxy) is 1. The van der Waals surface area contributed by atoms with Gasteiger partial charge in [0.2, 0.25) is 10.0 Å². The maximum absolute atomic E-state index is 12.7. The fourth-order valence-electron chi connectivity index (χ4n) is 3.46. The first-order chi connectivity index (χ1) is 15.3. The summed E-state index contributed by atoms with van der Waals surface area (Å²) in [6, 6.07) is 6.81. The molecule has 3 aromatic rings. The van der Waals surface area contributed by atoms with Crippen molar-refractivity contribution in [3.05, 3.63) is 53.9 Å². The van der Waals surface area contributed by atoms with E-state index in [1.54, 1.807) is 12.1 Å². The third-order valence-corrected chi connectivity index (χ3v) is 6.37. The Morgan fingerprint density at radius 1 is 1.28 bits per heavy atom. The van der Waals surface area contributed by atoms with Crippen LogP contribution in [0.1, 0.15) is 17.2 Å². The van der Waals surface area contributed by atoms with Crippen LogP contribution < -0.4 is 19.7 Å². The molecule has 4 rings (SSSR count). The first kappa shape index (κ1) is 21.9. The number of anilines is 2. The van der Waals surface area contributed by atoms with Crippen LogP contribution in [0.15, 0.2) is 41.6 Å². The van der Waals surface area contributed by atoms with Crippen molar-refractivity contribution in [2.24, 2.45) is 0 Å². The Bertz CT molecular complexity index is 1260. The summed E-state index contributed by atoms with van der Waals surface area (Å²) in [6.07, 6.45) is 3.80. The van der Waals surface area contributed by atoms with E-state index in [-0.39, 0.29) is 23.8 Å². The van der Waals surface area contributed by atoms with Crippen LogP contribution in [-0.2, 0) is 16.6 Å². The highest BCUT2D eigenvalue weighted by atomic mass is 32.2. The van der Waals surface area contributed by atoms with Crippen LogP contribution in [0.2, 0.25) is 0 Å². The van der Waals surface area contributed by atoms with E-state index in [1.165, 1.54) is 13.2 Å². The fourth-order valence-corrected chi connectivity index (χ4v) is 4.67. The number of imidazole rings is 1. The van der Waals surface area contributed by atoms with Crippen molar-refractivity contribution < 1.29 is 18.3 Å². The minimum atomic E-state index is -3.88. The molecule has 32 heavy (non-hydrogen) atoms. The van der Waals surface area contributed by atoms with Gasteiger partial charge in [-0.1, -0.05) is 0 Å². The molecule has 1 aliphatic heterocycles. The Kier molecular flexibility index (Phi) is 5.91. The van der Waals surface area contributed by atoms with Gasteiger partial charge in [-0.25, -0.2) is 18.1 Å². The van der Waals surface area contributed by atoms with E-state index in [1.807, 2.05) is 41.8 Å². The molecule has 12 heteroatoms. The number of aliphatic hydroxyl groups is 1. The van der Waals surface area contributed by atoms with Crippen molar-refractivity contribution >= 4 is 27.3 Å². The number of benzene rings is 1. The average molecular weight is 460 g/mol. The Labute approximate surface area is 185 Å². The van der Waals surface area contributed by atoms with Crippen LogP contribution in [0.5, 0.6) is 5.75 Å². The number of hydrogen-bond donors (Lipinski definition) is 4. The standard InChI is InChI=1S/C20H25N7O4S/c1-13-8-18(25-24-13)23-20-12-26(11-19-22-14(2)10-27(19)20)15-4-5-16(31-3)17(9-15)32(29,30)21-6-7-28/h4-5,8-10,12,21,28H,6-7,11H2,1-3H3,(H2,23,24,25). The first-order valence-electron chi connectivity index (χ1n) is 9.92. The van der Waals surface area contributed by atoms with Crippen LogP contribution >= 0.6 is 0 Å². The zero-order valence-electron chi connectivity index (χ0n) is 18.0. The van der Waals surface area contributed by atoms with Gasteiger partial charge in [0.25, 0.3) is 0 Å². The molecule has 0 saturated heterocycles. The molecule has 3 heterocycles. The summed E-state index contributed by atoms with van der Waals surface area (Å²) in [7, 11) is -2.46. The number of sulfonamides is 1. The summed E-state index contributed by atoms with van der Waals surface area (Å²) in [5, 5.41) is 19.4. The second-order valence-electron chi connectivity index (χ2n) is 7.33. The normalized spacial score (nSPS) is 13.6. The topological polar surface area (TPSA) is 137 Å². The number of hydrogen-bond acceptors (Lipinski definition) is 8. The lowest BCUT2D eigenvalue weighted by molar-refractivity contribution is 0.301. The molecule has 0 aliphatic carbocycles. The van der Waals surface area contributed by atoms with E-state index in [4.69, 9.17) is 9.84 Å². The SMILES string of the molecule is COc1ccc(N2C=C(Nc3cc(C)[nH]n3)n3cc(C)nc3C2)cc1S(=O)(=O)NCCO. The van der Waals surface area contributed by atoms with Crippen LogP contribution in [-0.4, -0.2) is 53.5 Å². The van der Waals surface area contributed by atoms with Gasteiger partial charge in [0, 0.05) is 36.4 Å². The lowest BCUT2D eigenvalue weighted by Crippen LogP contribution is -2.29. The predicted octanol–water partition coefficient (Wildman–Crippen LogP) is 1.39. The summed E-state index contributed by atoms with van der Waals surface area (Å²) in [5.74, 6) is 2.37. The second kappa shape index (κ2) is 8.65. The highest BCUT2D eigenvalue weighted by Crippen LogP contribution is 2.32. The largest absolute Gasteiger partial charge is 0.495 e. The first-order valence-corrected chi connectivity index (χ1v) is 11.4. The Morgan fingerprint density at radius 2 is 2.09 bits per heavy atom. The molecule has 11 nitrogen and oxygen atoms in total. The molecule has 0 amide bonds. The summed E-state index contributed by atoms with van der Waals surface area (Å²) in [6.45, 7) is 3.87. The van der Waals surface area contributed by atoms with Gasteiger partial charge in [-0.05, 0) is 32.0 Å². The van der Waals surface area contributed by atoms with E-state index in [9.17, 15) is 8.42 Å². The van der Waals surface area contributed by atoms with Crippen LogP contribution in [0.25, 0.3) is 5.82 Å². The van der Waals surface area contributed by atoms with Crippen LogP contribution in [0.3, 0.4) is 0 Å². The molecule has 0 fully saturated rings. The summed E-state index contributed by atoms with van der Waals surface area (Å²) < 4.78 is 35.0. The summed E-state index contributed by atoms with van der Waals surface area (Å²) in [5.41, 5.74) is 2.42. The molecule has 0 saturated carbocycles. The van der Waals surface area contributed by atoms with Crippen molar-refractivity contribution in [3.8, 4) is 5.75 Å². The van der Waals surface area contributed by atoms with E-state index in [2.05, 4.69) is 25.2 Å². The Hall–Kier alpha value is -3.35. The number of H-pyrrole nitrogens is 1. The molecule has 0 unspecified atom stereocenters. The van der Waals surface area contributed by atoms with Crippen molar-refractivity contribution in [2.45, 2.75) is 25.3 Å². The molecule has 0 spiro atoms. The maximum atomic E-state index is 12.7. The van der Waals surface area contributed by atoms with Gasteiger partial charge in [-0.15, -0.1) is 0 Å². The number of methoxy groups -OCH3 is 1. The second-order valence-corrected chi connectivity index (χ2v) is 9.06. The van der Waals surface area contributed by atoms with Gasteiger partial charge >= 0.3 is 0 Å². The predicted molar refractivity (Wildman–Crippen MR) is 120 cm³/mol. The van der Waals surface area contributed by atoms with E-state index in [0.29, 0.717) is 18.1 Å². The number of nitrogens with zero attached hydrogens (tertiary/aromatic N) is 4. The molecular weight excluding hydrogens is 434 g/mol.